The van der Waals surface area contributed by atoms with Crippen LogP contribution in [-0.4, -0.2) is 37.2 Å². The smallest absolute Gasteiger partial charge is 0.306 e. The molecule has 0 aliphatic rings. The zero-order valence-electron chi connectivity index (χ0n) is 45.6. The molecule has 0 aromatic carbocycles. The molecule has 0 aromatic rings. The number of allylic oxidation sites excluding steroid dienone is 12. The molecule has 0 saturated heterocycles. The van der Waals surface area contributed by atoms with E-state index >= 15 is 0 Å². The molecule has 6 nitrogen and oxygen atoms in total. The van der Waals surface area contributed by atoms with Gasteiger partial charge in [0.15, 0.2) is 6.10 Å². The van der Waals surface area contributed by atoms with Crippen molar-refractivity contribution in [3.63, 3.8) is 0 Å². The Morgan fingerprint density at radius 2 is 0.565 bits per heavy atom. The molecule has 0 bridgehead atoms. The number of unbranched alkanes of at least 4 members (excludes halogenated alkanes) is 30. The van der Waals surface area contributed by atoms with Crippen molar-refractivity contribution in [2.45, 2.75) is 297 Å². The van der Waals surface area contributed by atoms with E-state index in [1.807, 2.05) is 0 Å². The summed E-state index contributed by atoms with van der Waals surface area (Å²) in [6.07, 6.45) is 73.4. The SMILES string of the molecule is CC/C=C\C/C=C\C/C=C\C/C=C\CCCCCCCCCCCCCCCCC(=O)OCC(COC(=O)CCCCCCCCCC)OC(=O)CCCCCCC/C=C\C/C=C\CCCCCC. The second-order valence-corrected chi connectivity index (χ2v) is 19.5. The predicted octanol–water partition coefficient (Wildman–Crippen LogP) is 19.8. The molecule has 0 heterocycles. The molecule has 398 valence electrons. The summed E-state index contributed by atoms with van der Waals surface area (Å²) < 4.78 is 16.8. The van der Waals surface area contributed by atoms with Crippen LogP contribution in [-0.2, 0) is 28.6 Å². The van der Waals surface area contributed by atoms with Crippen molar-refractivity contribution in [2.75, 3.05) is 13.2 Å². The Labute approximate surface area is 427 Å². The molecule has 0 radical (unpaired) electrons. The van der Waals surface area contributed by atoms with Gasteiger partial charge in [-0.25, -0.2) is 0 Å². The second kappa shape index (κ2) is 57.4. The Hall–Kier alpha value is -3.15. The van der Waals surface area contributed by atoms with Crippen molar-refractivity contribution in [1.82, 2.24) is 0 Å². The fraction of sp³-hybridized carbons (Fsp3) is 0.762. The molecule has 0 aromatic heterocycles. The van der Waals surface area contributed by atoms with Crippen LogP contribution in [0.1, 0.15) is 290 Å². The average molecular weight is 964 g/mol. The summed E-state index contributed by atoms with van der Waals surface area (Å²) in [6, 6.07) is 0. The zero-order valence-corrected chi connectivity index (χ0v) is 45.6. The van der Waals surface area contributed by atoms with Gasteiger partial charge in [0.05, 0.1) is 0 Å². The summed E-state index contributed by atoms with van der Waals surface area (Å²) in [6.45, 7) is 6.49. The lowest BCUT2D eigenvalue weighted by atomic mass is 10.0. The Morgan fingerprint density at radius 3 is 0.899 bits per heavy atom. The van der Waals surface area contributed by atoms with Crippen LogP contribution in [0.25, 0.3) is 0 Å². The number of hydrogen-bond donors (Lipinski definition) is 0. The first-order valence-electron chi connectivity index (χ1n) is 29.4. The highest BCUT2D eigenvalue weighted by molar-refractivity contribution is 5.71. The third-order valence-corrected chi connectivity index (χ3v) is 12.7. The van der Waals surface area contributed by atoms with Crippen LogP contribution >= 0.6 is 0 Å². The molecule has 0 saturated carbocycles. The Balaban J connectivity index is 4.16. The van der Waals surface area contributed by atoms with Crippen LogP contribution in [0.15, 0.2) is 72.9 Å². The molecule has 0 aliphatic carbocycles. The fourth-order valence-corrected chi connectivity index (χ4v) is 8.29. The minimum atomic E-state index is -0.779. The van der Waals surface area contributed by atoms with Crippen LogP contribution in [0.3, 0.4) is 0 Å². The van der Waals surface area contributed by atoms with Gasteiger partial charge in [0.1, 0.15) is 13.2 Å². The van der Waals surface area contributed by atoms with E-state index in [0.717, 1.165) is 109 Å². The van der Waals surface area contributed by atoms with Crippen LogP contribution < -0.4 is 0 Å². The molecule has 1 unspecified atom stereocenters. The fourth-order valence-electron chi connectivity index (χ4n) is 8.29. The van der Waals surface area contributed by atoms with Gasteiger partial charge in [-0.3, -0.25) is 14.4 Å². The van der Waals surface area contributed by atoms with Gasteiger partial charge in [-0.05, 0) is 89.9 Å². The molecule has 0 N–H and O–H groups in total. The van der Waals surface area contributed by atoms with Gasteiger partial charge in [-0.1, -0.05) is 254 Å². The van der Waals surface area contributed by atoms with E-state index in [1.165, 1.54) is 141 Å². The first-order valence-corrected chi connectivity index (χ1v) is 29.4. The van der Waals surface area contributed by atoms with Crippen molar-refractivity contribution < 1.29 is 28.6 Å². The van der Waals surface area contributed by atoms with Crippen molar-refractivity contribution in [1.29, 1.82) is 0 Å². The molecule has 69 heavy (non-hydrogen) atoms. The van der Waals surface area contributed by atoms with E-state index < -0.39 is 6.10 Å². The number of esters is 3. The van der Waals surface area contributed by atoms with Gasteiger partial charge in [0, 0.05) is 19.3 Å². The van der Waals surface area contributed by atoms with Crippen molar-refractivity contribution in [2.24, 2.45) is 0 Å². The average Bonchev–Trinajstić information content (AvgIpc) is 3.35. The molecule has 0 rings (SSSR count). The monoisotopic (exact) mass is 963 g/mol. The van der Waals surface area contributed by atoms with E-state index in [-0.39, 0.29) is 31.1 Å². The molecule has 0 amide bonds. The van der Waals surface area contributed by atoms with Crippen LogP contribution in [0, 0.1) is 0 Å². The van der Waals surface area contributed by atoms with Gasteiger partial charge < -0.3 is 14.2 Å². The molecular weight excluding hydrogens is 853 g/mol. The van der Waals surface area contributed by atoms with E-state index in [0.29, 0.717) is 19.3 Å². The Bertz CT molecular complexity index is 1290. The molecule has 1 atom stereocenters. The Kier molecular flexibility index (Phi) is 54.8. The highest BCUT2D eigenvalue weighted by Gasteiger charge is 2.19. The minimum Gasteiger partial charge on any atom is -0.462 e. The number of carbonyl (C=O) groups is 3. The maximum atomic E-state index is 12.8. The summed E-state index contributed by atoms with van der Waals surface area (Å²) in [5.41, 5.74) is 0. The quantitative estimate of drug-likeness (QED) is 0.0262. The lowest BCUT2D eigenvalue weighted by Crippen LogP contribution is -2.30. The van der Waals surface area contributed by atoms with E-state index in [9.17, 15) is 14.4 Å². The second-order valence-electron chi connectivity index (χ2n) is 19.5. The predicted molar refractivity (Wildman–Crippen MR) is 298 cm³/mol. The maximum absolute atomic E-state index is 12.8. The normalized spacial score (nSPS) is 12.6. The highest BCUT2D eigenvalue weighted by atomic mass is 16.6. The van der Waals surface area contributed by atoms with Crippen molar-refractivity contribution >= 4 is 17.9 Å². The van der Waals surface area contributed by atoms with Gasteiger partial charge in [-0.15, -0.1) is 0 Å². The standard InChI is InChI=1S/C63H110O6/c1-4-7-10-13-16-19-21-23-25-27-28-29-30-31-32-33-34-35-36-37-39-40-42-44-47-50-53-56-62(65)68-59-60(58-67-61(64)55-52-49-46-18-15-12-9-6-3)69-63(66)57-54-51-48-45-43-41-38-26-24-22-20-17-14-11-8-5-2/h7,10,16,19-20,22-23,25-26,28-29,38,60H,4-6,8-9,11-15,17-18,21,24,27,30-37,39-59H2,1-3H3/b10-7-,19-16-,22-20-,25-23-,29-28-,38-26-. The number of hydrogen-bond acceptors (Lipinski definition) is 6. The van der Waals surface area contributed by atoms with Gasteiger partial charge >= 0.3 is 17.9 Å². The molecule has 0 spiro atoms. The Morgan fingerprint density at radius 1 is 0.304 bits per heavy atom. The lowest BCUT2D eigenvalue weighted by molar-refractivity contribution is -0.167. The van der Waals surface area contributed by atoms with Gasteiger partial charge in [0.2, 0.25) is 0 Å². The number of ether oxygens (including phenoxy) is 3. The summed E-state index contributed by atoms with van der Waals surface area (Å²) in [7, 11) is 0. The zero-order chi connectivity index (χ0) is 50.0. The van der Waals surface area contributed by atoms with E-state index in [1.54, 1.807) is 0 Å². The minimum absolute atomic E-state index is 0.0785. The van der Waals surface area contributed by atoms with Crippen LogP contribution in [0.5, 0.6) is 0 Å². The van der Waals surface area contributed by atoms with Crippen LogP contribution in [0.4, 0.5) is 0 Å². The number of rotatable bonds is 53. The highest BCUT2D eigenvalue weighted by Crippen LogP contribution is 2.16. The lowest BCUT2D eigenvalue weighted by Gasteiger charge is -2.18. The summed E-state index contributed by atoms with van der Waals surface area (Å²) >= 11 is 0. The summed E-state index contributed by atoms with van der Waals surface area (Å²) in [4.78, 5) is 38.0. The maximum Gasteiger partial charge on any atom is 0.306 e. The number of carbonyl (C=O) groups excluding carboxylic acids is 3. The van der Waals surface area contributed by atoms with Gasteiger partial charge in [-0.2, -0.15) is 0 Å². The summed E-state index contributed by atoms with van der Waals surface area (Å²) in [5.74, 6) is -0.888. The van der Waals surface area contributed by atoms with Crippen molar-refractivity contribution in [3.05, 3.63) is 72.9 Å². The molecule has 0 aliphatic heterocycles. The van der Waals surface area contributed by atoms with Crippen LogP contribution in [0.2, 0.25) is 0 Å². The molecule has 0 fully saturated rings. The topological polar surface area (TPSA) is 78.9 Å². The third-order valence-electron chi connectivity index (χ3n) is 12.7. The molecule has 6 heteroatoms. The first kappa shape index (κ1) is 65.8. The van der Waals surface area contributed by atoms with E-state index in [4.69, 9.17) is 14.2 Å². The third kappa shape index (κ3) is 55.6. The largest absolute Gasteiger partial charge is 0.462 e. The van der Waals surface area contributed by atoms with Crippen molar-refractivity contribution in [3.8, 4) is 0 Å². The van der Waals surface area contributed by atoms with Gasteiger partial charge in [0.25, 0.3) is 0 Å². The molecular formula is C63H110O6. The summed E-state index contributed by atoms with van der Waals surface area (Å²) in [5, 5.41) is 0. The first-order chi connectivity index (χ1) is 34.0. The van der Waals surface area contributed by atoms with E-state index in [2.05, 4.69) is 93.7 Å².